The smallest absolute Gasteiger partial charge is 0.134 e. The summed E-state index contributed by atoms with van der Waals surface area (Å²) in [6, 6.07) is 2.09. The van der Waals surface area contributed by atoms with Gasteiger partial charge < -0.3 is 14.5 Å². The Morgan fingerprint density at radius 1 is 1.37 bits per heavy atom. The fourth-order valence-corrected chi connectivity index (χ4v) is 2.98. The fraction of sp³-hybridized carbons (Fsp3) is 0.692. The highest BCUT2D eigenvalue weighted by atomic mass is 32.2. The molecule has 0 amide bonds. The molecule has 0 N–H and O–H groups in total. The van der Waals surface area contributed by atoms with Crippen molar-refractivity contribution in [3.8, 4) is 0 Å². The molecule has 0 atom stereocenters. The van der Waals surface area contributed by atoms with Crippen molar-refractivity contribution >= 4 is 23.4 Å². The normalized spacial score (nSPS) is 15.6. The van der Waals surface area contributed by atoms with Crippen LogP contribution in [-0.4, -0.2) is 61.9 Å². The van der Waals surface area contributed by atoms with Crippen LogP contribution < -0.4 is 9.80 Å². The summed E-state index contributed by atoms with van der Waals surface area (Å²) in [6.45, 7) is 3.88. The summed E-state index contributed by atoms with van der Waals surface area (Å²) < 4.78 is 5.08. The molecule has 0 bridgehead atoms. The Morgan fingerprint density at radius 3 is 2.89 bits per heavy atom. The largest absolute Gasteiger partial charge is 0.385 e. The second-order valence-electron chi connectivity index (χ2n) is 4.60. The van der Waals surface area contributed by atoms with E-state index >= 15 is 0 Å². The van der Waals surface area contributed by atoms with E-state index < -0.39 is 0 Å². The average molecular weight is 282 g/mol. The molecule has 106 valence electrons. The van der Waals surface area contributed by atoms with E-state index in [0.717, 1.165) is 44.3 Å². The molecule has 0 saturated carbocycles. The Hall–Kier alpha value is -1.01. The maximum atomic E-state index is 5.08. The van der Waals surface area contributed by atoms with Gasteiger partial charge in [0.15, 0.2) is 0 Å². The van der Waals surface area contributed by atoms with Crippen LogP contribution in [-0.2, 0) is 4.74 Å². The van der Waals surface area contributed by atoms with Crippen LogP contribution in [0.25, 0.3) is 0 Å². The second-order valence-corrected chi connectivity index (χ2v) is 5.83. The zero-order valence-electron chi connectivity index (χ0n) is 11.7. The molecule has 1 saturated heterocycles. The molecule has 6 heteroatoms. The van der Waals surface area contributed by atoms with Gasteiger partial charge in [0.25, 0.3) is 0 Å². The van der Waals surface area contributed by atoms with E-state index in [0.29, 0.717) is 0 Å². The van der Waals surface area contributed by atoms with Gasteiger partial charge in [-0.25, -0.2) is 9.97 Å². The number of rotatable bonds is 6. The molecule has 0 spiro atoms. The van der Waals surface area contributed by atoms with Gasteiger partial charge >= 0.3 is 0 Å². The average Bonchev–Trinajstić information content (AvgIpc) is 2.48. The summed E-state index contributed by atoms with van der Waals surface area (Å²) in [6.07, 6.45) is 2.67. The van der Waals surface area contributed by atoms with Crippen molar-refractivity contribution in [1.29, 1.82) is 0 Å². The molecule has 1 fully saturated rings. The van der Waals surface area contributed by atoms with Gasteiger partial charge in [-0.2, -0.15) is 11.8 Å². The van der Waals surface area contributed by atoms with Crippen LogP contribution >= 0.6 is 11.8 Å². The van der Waals surface area contributed by atoms with E-state index in [4.69, 9.17) is 4.74 Å². The molecule has 0 aliphatic carbocycles. The number of hydrogen-bond acceptors (Lipinski definition) is 6. The summed E-state index contributed by atoms with van der Waals surface area (Å²) in [5.74, 6) is 4.40. The van der Waals surface area contributed by atoms with Crippen LogP contribution in [0.3, 0.4) is 0 Å². The monoisotopic (exact) mass is 282 g/mol. The van der Waals surface area contributed by atoms with Gasteiger partial charge in [0.1, 0.15) is 18.0 Å². The minimum Gasteiger partial charge on any atom is -0.385 e. The first-order valence-corrected chi connectivity index (χ1v) is 7.81. The topological polar surface area (TPSA) is 41.5 Å². The second kappa shape index (κ2) is 7.55. The highest BCUT2D eigenvalue weighted by molar-refractivity contribution is 7.99. The predicted molar refractivity (Wildman–Crippen MR) is 81.3 cm³/mol. The maximum Gasteiger partial charge on any atom is 0.134 e. The van der Waals surface area contributed by atoms with Crippen molar-refractivity contribution in [2.75, 3.05) is 61.7 Å². The molecule has 0 aromatic carbocycles. The van der Waals surface area contributed by atoms with Crippen LogP contribution in [0.5, 0.6) is 0 Å². The third kappa shape index (κ3) is 4.24. The van der Waals surface area contributed by atoms with Crippen molar-refractivity contribution in [2.24, 2.45) is 0 Å². The molecule has 1 aromatic heterocycles. The molecular formula is C13H22N4OS. The number of thioether (sulfide) groups is 1. The van der Waals surface area contributed by atoms with Crippen molar-refractivity contribution < 1.29 is 4.74 Å². The highest BCUT2D eigenvalue weighted by Gasteiger charge is 2.13. The quantitative estimate of drug-likeness (QED) is 0.737. The standard InChI is InChI=1S/C13H22N4OS/c1-16(4-3-7-18-2)12-10-13(15-11-14-12)17-5-8-19-9-6-17/h10-11H,3-9H2,1-2H3. The lowest BCUT2D eigenvalue weighted by molar-refractivity contribution is 0.196. The Bertz CT molecular complexity index is 385. The van der Waals surface area contributed by atoms with Gasteiger partial charge in [-0.3, -0.25) is 0 Å². The summed E-state index contributed by atoms with van der Waals surface area (Å²) in [5, 5.41) is 0. The predicted octanol–water partition coefficient (Wildman–Crippen LogP) is 1.50. The molecular weight excluding hydrogens is 260 g/mol. The Labute approximate surface area is 119 Å². The van der Waals surface area contributed by atoms with Crippen LogP contribution in [0, 0.1) is 0 Å². The lowest BCUT2D eigenvalue weighted by Gasteiger charge is -2.28. The molecule has 1 aliphatic heterocycles. The van der Waals surface area contributed by atoms with Crippen molar-refractivity contribution in [1.82, 2.24) is 9.97 Å². The first-order valence-electron chi connectivity index (χ1n) is 6.66. The fourth-order valence-electron chi connectivity index (χ4n) is 2.07. The van der Waals surface area contributed by atoms with Gasteiger partial charge in [0, 0.05) is 58.0 Å². The Balaban J connectivity index is 1.97. The van der Waals surface area contributed by atoms with Crippen molar-refractivity contribution in [3.63, 3.8) is 0 Å². The van der Waals surface area contributed by atoms with Crippen LogP contribution in [0.1, 0.15) is 6.42 Å². The first kappa shape index (κ1) is 14.4. The van der Waals surface area contributed by atoms with E-state index in [-0.39, 0.29) is 0 Å². The lowest BCUT2D eigenvalue weighted by Crippen LogP contribution is -2.33. The third-order valence-electron chi connectivity index (χ3n) is 3.21. The minimum atomic E-state index is 0.783. The molecule has 0 radical (unpaired) electrons. The van der Waals surface area contributed by atoms with Gasteiger partial charge in [0.05, 0.1) is 0 Å². The third-order valence-corrected chi connectivity index (χ3v) is 4.15. The van der Waals surface area contributed by atoms with Gasteiger partial charge in [0.2, 0.25) is 0 Å². The first-order chi connectivity index (χ1) is 9.31. The molecule has 5 nitrogen and oxygen atoms in total. The number of methoxy groups -OCH3 is 1. The minimum absolute atomic E-state index is 0.783. The summed E-state index contributed by atoms with van der Waals surface area (Å²) in [4.78, 5) is 13.2. The molecule has 2 heterocycles. The lowest BCUT2D eigenvalue weighted by atomic mass is 10.3. The number of hydrogen-bond donors (Lipinski definition) is 0. The molecule has 0 unspecified atom stereocenters. The summed E-state index contributed by atoms with van der Waals surface area (Å²) in [5.41, 5.74) is 0. The van der Waals surface area contributed by atoms with E-state index in [1.807, 2.05) is 11.8 Å². The summed E-state index contributed by atoms with van der Waals surface area (Å²) in [7, 11) is 3.80. The number of ether oxygens (including phenoxy) is 1. The molecule has 1 aromatic rings. The van der Waals surface area contributed by atoms with E-state index in [1.54, 1.807) is 13.4 Å². The van der Waals surface area contributed by atoms with Gasteiger partial charge in [-0.15, -0.1) is 0 Å². The molecule has 1 aliphatic rings. The van der Waals surface area contributed by atoms with Crippen molar-refractivity contribution in [2.45, 2.75) is 6.42 Å². The highest BCUT2D eigenvalue weighted by Crippen LogP contribution is 2.20. The van der Waals surface area contributed by atoms with Gasteiger partial charge in [-0.05, 0) is 6.42 Å². The zero-order chi connectivity index (χ0) is 13.5. The molecule has 19 heavy (non-hydrogen) atoms. The SMILES string of the molecule is COCCCN(C)c1cc(N2CCSCC2)ncn1. The number of nitrogens with zero attached hydrogens (tertiary/aromatic N) is 4. The van der Waals surface area contributed by atoms with Gasteiger partial charge in [-0.1, -0.05) is 0 Å². The van der Waals surface area contributed by atoms with Crippen LogP contribution in [0.2, 0.25) is 0 Å². The van der Waals surface area contributed by atoms with E-state index in [2.05, 4.69) is 32.9 Å². The van der Waals surface area contributed by atoms with Crippen LogP contribution in [0.4, 0.5) is 11.6 Å². The number of anilines is 2. The van der Waals surface area contributed by atoms with Crippen LogP contribution in [0.15, 0.2) is 12.4 Å². The van der Waals surface area contributed by atoms with E-state index in [9.17, 15) is 0 Å². The zero-order valence-corrected chi connectivity index (χ0v) is 12.5. The van der Waals surface area contributed by atoms with E-state index in [1.165, 1.54) is 11.5 Å². The maximum absolute atomic E-state index is 5.08. The Morgan fingerprint density at radius 2 is 2.16 bits per heavy atom. The Kier molecular flexibility index (Phi) is 5.72. The summed E-state index contributed by atoms with van der Waals surface area (Å²) >= 11 is 2.01. The molecule has 2 rings (SSSR count). The van der Waals surface area contributed by atoms with Crippen molar-refractivity contribution in [3.05, 3.63) is 12.4 Å². The number of aromatic nitrogens is 2.